The Morgan fingerprint density at radius 2 is 2.36 bits per heavy atom. The van der Waals surface area contributed by atoms with Gasteiger partial charge in [0.05, 0.1) is 0 Å². The molecule has 1 atom stereocenters. The van der Waals surface area contributed by atoms with Gasteiger partial charge in [-0.05, 0) is 26.4 Å². The first kappa shape index (κ1) is 11.5. The van der Waals surface area contributed by atoms with E-state index >= 15 is 0 Å². The Morgan fingerprint density at radius 3 is 3.00 bits per heavy atom. The van der Waals surface area contributed by atoms with E-state index in [1.165, 1.54) is 19.3 Å². The summed E-state index contributed by atoms with van der Waals surface area (Å²) in [6, 6.07) is 0.591. The molecule has 14 heavy (non-hydrogen) atoms. The van der Waals surface area contributed by atoms with Crippen LogP contribution >= 0.6 is 0 Å². The van der Waals surface area contributed by atoms with Gasteiger partial charge in [0.15, 0.2) is 0 Å². The second-order valence-corrected chi connectivity index (χ2v) is 3.96. The molecule has 0 aromatic carbocycles. The molecule has 82 valence electrons. The topological polar surface area (TPSA) is 58.4 Å². The Morgan fingerprint density at radius 1 is 1.57 bits per heavy atom. The standard InChI is InChI=1S/C10H21N3O/c1-12-8-9-4-2-3-6-13(9)7-5-10(11)14/h9,12H,2-8H2,1H3,(H2,11,14). The predicted molar refractivity (Wildman–Crippen MR) is 57.0 cm³/mol. The summed E-state index contributed by atoms with van der Waals surface area (Å²) in [6.07, 6.45) is 4.28. The summed E-state index contributed by atoms with van der Waals surface area (Å²) >= 11 is 0. The number of piperidine rings is 1. The number of likely N-dealkylation sites (tertiary alicyclic amines) is 1. The summed E-state index contributed by atoms with van der Waals surface area (Å²) in [5.41, 5.74) is 5.15. The maximum atomic E-state index is 10.7. The zero-order valence-electron chi connectivity index (χ0n) is 8.96. The Balaban J connectivity index is 2.33. The minimum Gasteiger partial charge on any atom is -0.370 e. The molecule has 0 aromatic rings. The maximum Gasteiger partial charge on any atom is 0.218 e. The highest BCUT2D eigenvalue weighted by Crippen LogP contribution is 2.16. The van der Waals surface area contributed by atoms with Gasteiger partial charge in [-0.1, -0.05) is 6.42 Å². The summed E-state index contributed by atoms with van der Waals surface area (Å²) in [6.45, 7) is 2.94. The van der Waals surface area contributed by atoms with Gasteiger partial charge < -0.3 is 11.1 Å². The van der Waals surface area contributed by atoms with Crippen molar-refractivity contribution in [1.29, 1.82) is 0 Å². The summed E-state index contributed by atoms with van der Waals surface area (Å²) in [7, 11) is 1.97. The molecule has 4 heteroatoms. The number of hydrogen-bond acceptors (Lipinski definition) is 3. The van der Waals surface area contributed by atoms with Crippen LogP contribution in [0.4, 0.5) is 0 Å². The van der Waals surface area contributed by atoms with Crippen LogP contribution in [-0.4, -0.2) is 43.5 Å². The fourth-order valence-corrected chi connectivity index (χ4v) is 2.07. The lowest BCUT2D eigenvalue weighted by Gasteiger charge is -2.35. The van der Waals surface area contributed by atoms with Crippen LogP contribution in [0.2, 0.25) is 0 Å². The first-order valence-corrected chi connectivity index (χ1v) is 5.41. The number of hydrogen-bond donors (Lipinski definition) is 2. The summed E-state index contributed by atoms with van der Waals surface area (Å²) in [5.74, 6) is -0.196. The van der Waals surface area contributed by atoms with E-state index in [0.717, 1.165) is 19.6 Å². The third-order valence-electron chi connectivity index (χ3n) is 2.83. The van der Waals surface area contributed by atoms with Crippen molar-refractivity contribution in [3.63, 3.8) is 0 Å². The average Bonchev–Trinajstić information content (AvgIpc) is 2.17. The van der Waals surface area contributed by atoms with E-state index in [2.05, 4.69) is 10.2 Å². The highest BCUT2D eigenvalue weighted by molar-refractivity contribution is 5.73. The molecule has 0 aliphatic carbocycles. The molecule has 1 heterocycles. The lowest BCUT2D eigenvalue weighted by molar-refractivity contribution is -0.118. The molecule has 0 radical (unpaired) electrons. The Kier molecular flexibility index (Phi) is 4.90. The highest BCUT2D eigenvalue weighted by Gasteiger charge is 2.21. The molecule has 0 aromatic heterocycles. The first-order valence-electron chi connectivity index (χ1n) is 5.41. The molecule has 1 saturated heterocycles. The number of likely N-dealkylation sites (N-methyl/N-ethyl adjacent to an activating group) is 1. The van der Waals surface area contributed by atoms with Crippen LogP contribution in [0.15, 0.2) is 0 Å². The Bertz CT molecular complexity index is 182. The summed E-state index contributed by atoms with van der Waals surface area (Å²) in [5, 5.41) is 3.20. The molecular weight excluding hydrogens is 178 g/mol. The van der Waals surface area contributed by atoms with Crippen LogP contribution in [0, 0.1) is 0 Å². The Labute approximate surface area is 85.8 Å². The SMILES string of the molecule is CNCC1CCCCN1CCC(N)=O. The van der Waals surface area contributed by atoms with E-state index in [0.29, 0.717) is 12.5 Å². The van der Waals surface area contributed by atoms with Crippen molar-refractivity contribution >= 4 is 5.91 Å². The molecule has 1 rings (SSSR count). The molecule has 0 spiro atoms. The molecular formula is C10H21N3O. The van der Waals surface area contributed by atoms with Crippen LogP contribution in [0.25, 0.3) is 0 Å². The van der Waals surface area contributed by atoms with E-state index < -0.39 is 0 Å². The van der Waals surface area contributed by atoms with Crippen molar-refractivity contribution < 1.29 is 4.79 Å². The number of nitrogens with one attached hydrogen (secondary N) is 1. The smallest absolute Gasteiger partial charge is 0.218 e. The van der Waals surface area contributed by atoms with Crippen LogP contribution in [0.3, 0.4) is 0 Å². The van der Waals surface area contributed by atoms with Crippen LogP contribution in [-0.2, 0) is 4.79 Å². The van der Waals surface area contributed by atoms with Gasteiger partial charge in [-0.15, -0.1) is 0 Å². The molecule has 1 fully saturated rings. The zero-order chi connectivity index (χ0) is 10.4. The number of primary amides is 1. The second-order valence-electron chi connectivity index (χ2n) is 3.96. The third kappa shape index (κ3) is 3.64. The summed E-state index contributed by atoms with van der Waals surface area (Å²) < 4.78 is 0. The monoisotopic (exact) mass is 199 g/mol. The van der Waals surface area contributed by atoms with Gasteiger partial charge in [0.25, 0.3) is 0 Å². The number of carbonyl (C=O) groups excluding carboxylic acids is 1. The molecule has 4 nitrogen and oxygen atoms in total. The second kappa shape index (κ2) is 5.98. The van der Waals surface area contributed by atoms with Crippen LogP contribution < -0.4 is 11.1 Å². The molecule has 0 saturated carbocycles. The number of nitrogens with zero attached hydrogens (tertiary/aromatic N) is 1. The zero-order valence-corrected chi connectivity index (χ0v) is 8.96. The lowest BCUT2D eigenvalue weighted by atomic mass is 10.0. The average molecular weight is 199 g/mol. The molecule has 1 aliphatic rings. The molecule has 1 unspecified atom stereocenters. The Hall–Kier alpha value is -0.610. The largest absolute Gasteiger partial charge is 0.370 e. The van der Waals surface area contributed by atoms with Crippen LogP contribution in [0.5, 0.6) is 0 Å². The number of amides is 1. The minimum absolute atomic E-state index is 0.196. The van der Waals surface area contributed by atoms with Crippen molar-refractivity contribution in [2.24, 2.45) is 5.73 Å². The van der Waals surface area contributed by atoms with Gasteiger partial charge in [-0.25, -0.2) is 0 Å². The van der Waals surface area contributed by atoms with Gasteiger partial charge in [-0.2, -0.15) is 0 Å². The first-order chi connectivity index (χ1) is 6.74. The van der Waals surface area contributed by atoms with Gasteiger partial charge in [0, 0.05) is 25.6 Å². The van der Waals surface area contributed by atoms with E-state index in [1.807, 2.05) is 7.05 Å². The fraction of sp³-hybridized carbons (Fsp3) is 0.900. The normalized spacial score (nSPS) is 23.6. The van der Waals surface area contributed by atoms with Crippen molar-refractivity contribution in [1.82, 2.24) is 10.2 Å². The lowest BCUT2D eigenvalue weighted by Crippen LogP contribution is -2.45. The number of nitrogens with two attached hydrogens (primary N) is 1. The summed E-state index contributed by atoms with van der Waals surface area (Å²) in [4.78, 5) is 13.1. The van der Waals surface area contributed by atoms with Crippen molar-refractivity contribution in [2.75, 3.05) is 26.7 Å². The van der Waals surface area contributed by atoms with Gasteiger partial charge >= 0.3 is 0 Å². The molecule has 1 amide bonds. The van der Waals surface area contributed by atoms with Gasteiger partial charge in [0.2, 0.25) is 5.91 Å². The number of carbonyl (C=O) groups is 1. The van der Waals surface area contributed by atoms with Crippen molar-refractivity contribution in [3.05, 3.63) is 0 Å². The van der Waals surface area contributed by atoms with E-state index in [-0.39, 0.29) is 5.91 Å². The fourth-order valence-electron chi connectivity index (χ4n) is 2.07. The van der Waals surface area contributed by atoms with E-state index in [1.54, 1.807) is 0 Å². The van der Waals surface area contributed by atoms with Crippen LogP contribution in [0.1, 0.15) is 25.7 Å². The van der Waals surface area contributed by atoms with Crippen molar-refractivity contribution in [2.45, 2.75) is 31.7 Å². The predicted octanol–water partition coefficient (Wildman–Crippen LogP) is -0.0643. The van der Waals surface area contributed by atoms with E-state index in [4.69, 9.17) is 5.73 Å². The molecule has 3 N–H and O–H groups in total. The number of rotatable bonds is 5. The third-order valence-corrected chi connectivity index (χ3v) is 2.83. The molecule has 1 aliphatic heterocycles. The van der Waals surface area contributed by atoms with Gasteiger partial charge in [0.1, 0.15) is 0 Å². The maximum absolute atomic E-state index is 10.7. The highest BCUT2D eigenvalue weighted by atomic mass is 16.1. The molecule has 0 bridgehead atoms. The van der Waals surface area contributed by atoms with E-state index in [9.17, 15) is 4.79 Å². The van der Waals surface area contributed by atoms with Crippen molar-refractivity contribution in [3.8, 4) is 0 Å². The quantitative estimate of drug-likeness (QED) is 0.652. The minimum atomic E-state index is -0.196. The van der Waals surface area contributed by atoms with Gasteiger partial charge in [-0.3, -0.25) is 9.69 Å².